The lowest BCUT2D eigenvalue weighted by atomic mass is 9.89. The van der Waals surface area contributed by atoms with Crippen LogP contribution in [0.4, 0.5) is 5.69 Å². The number of carbonyl (C=O) groups excluding carboxylic acids is 3. The minimum Gasteiger partial charge on any atom is -0.355 e. The zero-order chi connectivity index (χ0) is 20.1. The van der Waals surface area contributed by atoms with Gasteiger partial charge in [-0.05, 0) is 42.2 Å². The van der Waals surface area contributed by atoms with E-state index in [2.05, 4.69) is 10.6 Å². The van der Waals surface area contributed by atoms with Crippen LogP contribution in [0.25, 0.3) is 0 Å². The van der Waals surface area contributed by atoms with Crippen molar-refractivity contribution in [3.8, 4) is 0 Å². The maximum absolute atomic E-state index is 12.5. The monoisotopic (exact) mass is 379 g/mol. The predicted molar refractivity (Wildman–Crippen MR) is 108 cm³/mol. The third-order valence-corrected chi connectivity index (χ3v) is 5.11. The molecular formula is C22H25N3O3. The molecule has 6 heteroatoms. The van der Waals surface area contributed by atoms with E-state index in [1.807, 2.05) is 36.4 Å². The van der Waals surface area contributed by atoms with Crippen LogP contribution < -0.4 is 10.6 Å². The van der Waals surface area contributed by atoms with Gasteiger partial charge >= 0.3 is 0 Å². The zero-order valence-corrected chi connectivity index (χ0v) is 16.2. The van der Waals surface area contributed by atoms with Gasteiger partial charge in [-0.15, -0.1) is 0 Å². The van der Waals surface area contributed by atoms with Gasteiger partial charge in [-0.2, -0.15) is 0 Å². The molecule has 1 unspecified atom stereocenters. The van der Waals surface area contributed by atoms with Gasteiger partial charge in [-0.3, -0.25) is 14.4 Å². The molecule has 2 aromatic rings. The molecule has 0 bridgehead atoms. The fraction of sp³-hybridized carbons (Fsp3) is 0.318. The van der Waals surface area contributed by atoms with Crippen LogP contribution >= 0.6 is 0 Å². The first kappa shape index (κ1) is 19.6. The van der Waals surface area contributed by atoms with Crippen molar-refractivity contribution in [3.05, 3.63) is 65.2 Å². The summed E-state index contributed by atoms with van der Waals surface area (Å²) in [5, 5.41) is 5.51. The average Bonchev–Trinajstić information content (AvgIpc) is 2.71. The van der Waals surface area contributed by atoms with Gasteiger partial charge in [0.25, 0.3) is 5.91 Å². The van der Waals surface area contributed by atoms with Crippen molar-refractivity contribution in [1.29, 1.82) is 0 Å². The molecule has 28 heavy (non-hydrogen) atoms. The molecule has 1 aliphatic rings. The predicted octanol–water partition coefficient (Wildman–Crippen LogP) is 2.60. The summed E-state index contributed by atoms with van der Waals surface area (Å²) in [4.78, 5) is 38.0. The summed E-state index contributed by atoms with van der Waals surface area (Å²) >= 11 is 0. The standard InChI is InChI=1S/C22H25N3O3/c1-23-21(27)16-9-7-15(8-10-16)14-25(2)20(26)12-11-18-13-17-5-3-4-6-19(17)24-22(18)28/h3-10,18H,11-14H2,1-2H3,(H,23,27)(H,24,28). The Balaban J connectivity index is 1.52. The largest absolute Gasteiger partial charge is 0.355 e. The lowest BCUT2D eigenvalue weighted by Crippen LogP contribution is -2.32. The fourth-order valence-electron chi connectivity index (χ4n) is 3.40. The summed E-state index contributed by atoms with van der Waals surface area (Å²) in [7, 11) is 3.35. The number of anilines is 1. The molecular weight excluding hydrogens is 354 g/mol. The van der Waals surface area contributed by atoms with Crippen LogP contribution in [-0.4, -0.2) is 36.7 Å². The second kappa shape index (κ2) is 8.69. The molecule has 0 fully saturated rings. The minimum atomic E-state index is -0.181. The molecule has 1 heterocycles. The van der Waals surface area contributed by atoms with E-state index in [1.54, 1.807) is 31.1 Å². The van der Waals surface area contributed by atoms with Gasteiger partial charge in [0.15, 0.2) is 0 Å². The highest BCUT2D eigenvalue weighted by molar-refractivity contribution is 5.96. The lowest BCUT2D eigenvalue weighted by Gasteiger charge is -2.25. The number of hydrogen-bond donors (Lipinski definition) is 2. The molecule has 6 nitrogen and oxygen atoms in total. The lowest BCUT2D eigenvalue weighted by molar-refractivity contribution is -0.131. The van der Waals surface area contributed by atoms with Gasteiger partial charge in [-0.1, -0.05) is 30.3 Å². The Hall–Kier alpha value is -3.15. The molecule has 1 atom stereocenters. The van der Waals surface area contributed by atoms with E-state index >= 15 is 0 Å². The van der Waals surface area contributed by atoms with Crippen LogP contribution in [0.2, 0.25) is 0 Å². The highest BCUT2D eigenvalue weighted by Gasteiger charge is 2.26. The quantitative estimate of drug-likeness (QED) is 0.810. The Morgan fingerprint density at radius 2 is 1.86 bits per heavy atom. The first-order valence-corrected chi connectivity index (χ1v) is 9.41. The SMILES string of the molecule is CNC(=O)c1ccc(CN(C)C(=O)CCC2Cc3ccccc3NC2=O)cc1. The fourth-order valence-corrected chi connectivity index (χ4v) is 3.40. The Bertz CT molecular complexity index is 877. The third-order valence-electron chi connectivity index (χ3n) is 5.11. The van der Waals surface area contributed by atoms with E-state index in [-0.39, 0.29) is 23.6 Å². The molecule has 0 saturated carbocycles. The topological polar surface area (TPSA) is 78.5 Å². The number of hydrogen-bond acceptors (Lipinski definition) is 3. The molecule has 0 aromatic heterocycles. The molecule has 3 rings (SSSR count). The van der Waals surface area contributed by atoms with Crippen LogP contribution in [-0.2, 0) is 22.6 Å². The Morgan fingerprint density at radius 3 is 2.57 bits per heavy atom. The van der Waals surface area contributed by atoms with Gasteiger partial charge in [-0.25, -0.2) is 0 Å². The van der Waals surface area contributed by atoms with Gasteiger partial charge in [0.2, 0.25) is 11.8 Å². The van der Waals surface area contributed by atoms with Crippen LogP contribution in [0.1, 0.15) is 34.3 Å². The maximum Gasteiger partial charge on any atom is 0.251 e. The summed E-state index contributed by atoms with van der Waals surface area (Å²) < 4.78 is 0. The number of carbonyl (C=O) groups is 3. The molecule has 2 N–H and O–H groups in total. The third kappa shape index (κ3) is 4.57. The summed E-state index contributed by atoms with van der Waals surface area (Å²) in [6.07, 6.45) is 1.52. The van der Waals surface area contributed by atoms with E-state index in [0.717, 1.165) is 16.8 Å². The van der Waals surface area contributed by atoms with Gasteiger partial charge in [0, 0.05) is 44.2 Å². The molecule has 0 saturated heterocycles. The summed E-state index contributed by atoms with van der Waals surface area (Å²) in [5.41, 5.74) is 3.52. The van der Waals surface area contributed by atoms with E-state index in [1.165, 1.54) is 0 Å². The second-order valence-corrected chi connectivity index (χ2v) is 7.11. The Kier molecular flexibility index (Phi) is 6.09. The molecule has 0 aliphatic carbocycles. The van der Waals surface area contributed by atoms with Crippen molar-refractivity contribution in [2.75, 3.05) is 19.4 Å². The van der Waals surface area contributed by atoms with Crippen molar-refractivity contribution in [3.63, 3.8) is 0 Å². The molecule has 1 aliphatic heterocycles. The summed E-state index contributed by atoms with van der Waals surface area (Å²) in [5.74, 6) is -0.330. The average molecular weight is 379 g/mol. The van der Waals surface area contributed by atoms with Crippen molar-refractivity contribution in [1.82, 2.24) is 10.2 Å². The van der Waals surface area contributed by atoms with Gasteiger partial charge in [0.05, 0.1) is 0 Å². The van der Waals surface area contributed by atoms with Crippen molar-refractivity contribution in [2.24, 2.45) is 5.92 Å². The van der Waals surface area contributed by atoms with Crippen LogP contribution in [0.15, 0.2) is 48.5 Å². The number of para-hydroxylation sites is 1. The van der Waals surface area contributed by atoms with Crippen LogP contribution in [0, 0.1) is 5.92 Å². The van der Waals surface area contributed by atoms with Crippen molar-refractivity contribution in [2.45, 2.75) is 25.8 Å². The Labute approximate surface area is 164 Å². The van der Waals surface area contributed by atoms with Crippen LogP contribution in [0.3, 0.4) is 0 Å². The first-order valence-electron chi connectivity index (χ1n) is 9.41. The highest BCUT2D eigenvalue weighted by Crippen LogP contribution is 2.27. The van der Waals surface area contributed by atoms with Gasteiger partial charge in [0.1, 0.15) is 0 Å². The maximum atomic E-state index is 12.5. The number of rotatable bonds is 6. The van der Waals surface area contributed by atoms with Crippen LogP contribution in [0.5, 0.6) is 0 Å². The zero-order valence-electron chi connectivity index (χ0n) is 16.2. The second-order valence-electron chi connectivity index (χ2n) is 7.11. The number of nitrogens with zero attached hydrogens (tertiary/aromatic N) is 1. The molecule has 2 aromatic carbocycles. The van der Waals surface area contributed by atoms with Gasteiger partial charge < -0.3 is 15.5 Å². The highest BCUT2D eigenvalue weighted by atomic mass is 16.2. The molecule has 0 radical (unpaired) electrons. The molecule has 146 valence electrons. The van der Waals surface area contributed by atoms with E-state index < -0.39 is 0 Å². The Morgan fingerprint density at radius 1 is 1.14 bits per heavy atom. The first-order chi connectivity index (χ1) is 13.5. The number of amides is 3. The number of benzene rings is 2. The van der Waals surface area contributed by atoms with Crippen molar-refractivity contribution >= 4 is 23.4 Å². The van der Waals surface area contributed by atoms with E-state index in [4.69, 9.17) is 0 Å². The summed E-state index contributed by atoms with van der Waals surface area (Å²) in [6, 6.07) is 15.0. The number of nitrogens with one attached hydrogen (secondary N) is 2. The molecule has 0 spiro atoms. The molecule has 3 amide bonds. The summed E-state index contributed by atoms with van der Waals surface area (Å²) in [6.45, 7) is 0.465. The number of fused-ring (bicyclic) bond motifs is 1. The normalized spacial score (nSPS) is 15.4. The van der Waals surface area contributed by atoms with E-state index in [9.17, 15) is 14.4 Å². The minimum absolute atomic E-state index is 0.00189. The smallest absolute Gasteiger partial charge is 0.251 e. The van der Waals surface area contributed by atoms with E-state index in [0.29, 0.717) is 31.4 Å². The van der Waals surface area contributed by atoms with Crippen molar-refractivity contribution < 1.29 is 14.4 Å².